The van der Waals surface area contributed by atoms with Crippen LogP contribution < -0.4 is 0 Å². The van der Waals surface area contributed by atoms with E-state index in [4.69, 9.17) is 11.6 Å². The van der Waals surface area contributed by atoms with Crippen molar-refractivity contribution in [3.8, 4) is 5.75 Å². The summed E-state index contributed by atoms with van der Waals surface area (Å²) >= 11 is 5.95. The molecule has 0 saturated carbocycles. The maximum absolute atomic E-state index is 9.78. The van der Waals surface area contributed by atoms with E-state index < -0.39 is 0 Å². The van der Waals surface area contributed by atoms with E-state index in [2.05, 4.69) is 18.7 Å². The summed E-state index contributed by atoms with van der Waals surface area (Å²) in [6, 6.07) is 5.25. The zero-order chi connectivity index (χ0) is 12.5. The Bertz CT molecular complexity index is 393. The van der Waals surface area contributed by atoms with Gasteiger partial charge < -0.3 is 5.11 Å². The molecule has 1 aliphatic heterocycles. The molecule has 0 bridgehead atoms. The molecule has 2 nitrogen and oxygen atoms in total. The van der Waals surface area contributed by atoms with Crippen molar-refractivity contribution in [1.82, 2.24) is 4.90 Å². The predicted octanol–water partition coefficient (Wildman–Crippen LogP) is 3.67. The van der Waals surface area contributed by atoms with Gasteiger partial charge in [0.2, 0.25) is 0 Å². The molecule has 1 aliphatic rings. The highest BCUT2D eigenvalue weighted by Crippen LogP contribution is 2.31. The van der Waals surface area contributed by atoms with Crippen molar-refractivity contribution in [2.45, 2.75) is 33.2 Å². The number of hydrogen-bond acceptors (Lipinski definition) is 2. The van der Waals surface area contributed by atoms with Crippen LogP contribution in [0.5, 0.6) is 5.75 Å². The lowest BCUT2D eigenvalue weighted by Crippen LogP contribution is -2.36. The van der Waals surface area contributed by atoms with Crippen LogP contribution in [0, 0.1) is 5.41 Å². The van der Waals surface area contributed by atoms with Crippen molar-refractivity contribution >= 4 is 11.6 Å². The van der Waals surface area contributed by atoms with Gasteiger partial charge in [-0.1, -0.05) is 25.4 Å². The third-order valence-corrected chi connectivity index (χ3v) is 3.88. The standard InChI is InChI=1S/C14H20ClNO/c1-14(2)5-7-16(8-6-14)10-11-9-12(15)3-4-13(11)17/h3-4,9,17H,5-8,10H2,1-2H3. The summed E-state index contributed by atoms with van der Waals surface area (Å²) in [5.41, 5.74) is 1.39. The smallest absolute Gasteiger partial charge is 0.120 e. The zero-order valence-electron chi connectivity index (χ0n) is 10.5. The van der Waals surface area contributed by atoms with E-state index in [-0.39, 0.29) is 0 Å². The molecule has 17 heavy (non-hydrogen) atoms. The maximum atomic E-state index is 9.78. The van der Waals surface area contributed by atoms with Gasteiger partial charge in [0.05, 0.1) is 0 Å². The van der Waals surface area contributed by atoms with Crippen molar-refractivity contribution in [2.75, 3.05) is 13.1 Å². The molecule has 1 N–H and O–H groups in total. The lowest BCUT2D eigenvalue weighted by atomic mass is 9.82. The Morgan fingerprint density at radius 2 is 1.94 bits per heavy atom. The van der Waals surface area contributed by atoms with Crippen LogP contribution in [0.4, 0.5) is 0 Å². The molecule has 1 heterocycles. The molecule has 0 unspecified atom stereocenters. The van der Waals surface area contributed by atoms with Crippen LogP contribution in [-0.4, -0.2) is 23.1 Å². The number of phenols is 1. The number of nitrogens with zero attached hydrogens (tertiary/aromatic N) is 1. The average molecular weight is 254 g/mol. The van der Waals surface area contributed by atoms with Gasteiger partial charge in [0, 0.05) is 17.1 Å². The van der Waals surface area contributed by atoms with Crippen LogP contribution >= 0.6 is 11.6 Å². The molecular formula is C14H20ClNO. The number of benzene rings is 1. The third kappa shape index (κ3) is 3.36. The molecule has 0 amide bonds. The molecule has 1 saturated heterocycles. The first-order valence-corrected chi connectivity index (χ1v) is 6.54. The minimum Gasteiger partial charge on any atom is -0.508 e. The molecule has 0 atom stereocenters. The van der Waals surface area contributed by atoms with Crippen LogP contribution in [0.25, 0.3) is 0 Å². The second-order valence-corrected chi connectivity index (χ2v) is 6.15. The molecule has 1 fully saturated rings. The Morgan fingerprint density at radius 1 is 1.29 bits per heavy atom. The minimum atomic E-state index is 0.347. The van der Waals surface area contributed by atoms with E-state index in [9.17, 15) is 5.11 Å². The Labute approximate surface area is 108 Å². The Morgan fingerprint density at radius 3 is 2.59 bits per heavy atom. The predicted molar refractivity (Wildman–Crippen MR) is 71.4 cm³/mol. The van der Waals surface area contributed by atoms with Gasteiger partial charge in [-0.3, -0.25) is 4.90 Å². The summed E-state index contributed by atoms with van der Waals surface area (Å²) in [4.78, 5) is 2.39. The van der Waals surface area contributed by atoms with Crippen LogP contribution in [0.3, 0.4) is 0 Å². The summed E-state index contributed by atoms with van der Waals surface area (Å²) in [6.07, 6.45) is 2.43. The summed E-state index contributed by atoms with van der Waals surface area (Å²) in [5, 5.41) is 10.5. The molecule has 1 aromatic rings. The van der Waals surface area contributed by atoms with Gasteiger partial charge in [-0.25, -0.2) is 0 Å². The van der Waals surface area contributed by atoms with E-state index >= 15 is 0 Å². The maximum Gasteiger partial charge on any atom is 0.120 e. The average Bonchev–Trinajstić information content (AvgIpc) is 2.26. The van der Waals surface area contributed by atoms with Crippen molar-refractivity contribution in [3.63, 3.8) is 0 Å². The molecule has 0 aromatic heterocycles. The number of hydrogen-bond donors (Lipinski definition) is 1. The van der Waals surface area contributed by atoms with Crippen LogP contribution in [0.15, 0.2) is 18.2 Å². The molecule has 0 radical (unpaired) electrons. The largest absolute Gasteiger partial charge is 0.508 e. The number of halogens is 1. The second-order valence-electron chi connectivity index (χ2n) is 5.71. The fourth-order valence-electron chi connectivity index (χ4n) is 2.24. The highest BCUT2D eigenvalue weighted by atomic mass is 35.5. The van der Waals surface area contributed by atoms with Gasteiger partial charge in [0.25, 0.3) is 0 Å². The number of piperidine rings is 1. The number of aromatic hydroxyl groups is 1. The topological polar surface area (TPSA) is 23.5 Å². The van der Waals surface area contributed by atoms with E-state index in [1.54, 1.807) is 12.1 Å². The number of phenolic OH excluding ortho intramolecular Hbond substituents is 1. The number of rotatable bonds is 2. The Balaban J connectivity index is 2.00. The van der Waals surface area contributed by atoms with E-state index in [0.717, 1.165) is 25.2 Å². The first-order chi connectivity index (χ1) is 7.96. The summed E-state index contributed by atoms with van der Waals surface area (Å²) < 4.78 is 0. The van der Waals surface area contributed by atoms with Gasteiger partial charge in [-0.05, 0) is 49.5 Å². The van der Waals surface area contributed by atoms with Gasteiger partial charge in [0.1, 0.15) is 5.75 Å². The van der Waals surface area contributed by atoms with Gasteiger partial charge in [0.15, 0.2) is 0 Å². The monoisotopic (exact) mass is 253 g/mol. The fourth-order valence-corrected chi connectivity index (χ4v) is 2.43. The van der Waals surface area contributed by atoms with Gasteiger partial charge >= 0.3 is 0 Å². The van der Waals surface area contributed by atoms with Crippen LogP contribution in [0.1, 0.15) is 32.3 Å². The van der Waals surface area contributed by atoms with E-state index in [0.29, 0.717) is 16.2 Å². The number of likely N-dealkylation sites (tertiary alicyclic amines) is 1. The molecular weight excluding hydrogens is 234 g/mol. The van der Waals surface area contributed by atoms with Gasteiger partial charge in [-0.2, -0.15) is 0 Å². The molecule has 2 rings (SSSR count). The first-order valence-electron chi connectivity index (χ1n) is 6.16. The second kappa shape index (κ2) is 4.87. The van der Waals surface area contributed by atoms with Crippen molar-refractivity contribution in [3.05, 3.63) is 28.8 Å². The van der Waals surface area contributed by atoms with Crippen molar-refractivity contribution in [1.29, 1.82) is 0 Å². The highest BCUT2D eigenvalue weighted by molar-refractivity contribution is 6.30. The highest BCUT2D eigenvalue weighted by Gasteiger charge is 2.25. The SMILES string of the molecule is CC1(C)CCN(Cc2cc(Cl)ccc2O)CC1. The normalized spacial score (nSPS) is 20.4. The minimum absolute atomic E-state index is 0.347. The van der Waals surface area contributed by atoms with Crippen molar-refractivity contribution in [2.24, 2.45) is 5.41 Å². The molecule has 3 heteroatoms. The van der Waals surface area contributed by atoms with Crippen LogP contribution in [0.2, 0.25) is 5.02 Å². The molecule has 0 spiro atoms. The molecule has 1 aromatic carbocycles. The summed E-state index contributed by atoms with van der Waals surface area (Å²) in [5.74, 6) is 0.347. The lowest BCUT2D eigenvalue weighted by molar-refractivity contribution is 0.126. The summed E-state index contributed by atoms with van der Waals surface area (Å²) in [7, 11) is 0. The Kier molecular flexibility index (Phi) is 3.64. The van der Waals surface area contributed by atoms with Gasteiger partial charge in [-0.15, -0.1) is 0 Å². The summed E-state index contributed by atoms with van der Waals surface area (Å²) in [6.45, 7) is 7.63. The van der Waals surface area contributed by atoms with Crippen LogP contribution in [-0.2, 0) is 6.54 Å². The van der Waals surface area contributed by atoms with E-state index in [1.807, 2.05) is 6.07 Å². The zero-order valence-corrected chi connectivity index (χ0v) is 11.3. The van der Waals surface area contributed by atoms with E-state index in [1.165, 1.54) is 12.8 Å². The molecule has 0 aliphatic carbocycles. The molecule has 94 valence electrons. The lowest BCUT2D eigenvalue weighted by Gasteiger charge is -2.37. The Hall–Kier alpha value is -0.730. The van der Waals surface area contributed by atoms with Crippen molar-refractivity contribution < 1.29 is 5.11 Å². The first kappa shape index (κ1) is 12.7. The third-order valence-electron chi connectivity index (χ3n) is 3.65. The quantitative estimate of drug-likeness (QED) is 0.869. The fraction of sp³-hybridized carbons (Fsp3) is 0.571.